The number of benzene rings is 1. The van der Waals surface area contributed by atoms with Gasteiger partial charge in [-0.2, -0.15) is 0 Å². The quantitative estimate of drug-likeness (QED) is 0.758. The maximum absolute atomic E-state index is 11.2. The van der Waals surface area contributed by atoms with Gasteiger partial charge < -0.3 is 9.30 Å². The molecular weight excluding hydrogens is 216 g/mol. The molecule has 4 nitrogen and oxygen atoms in total. The van der Waals surface area contributed by atoms with Crippen LogP contribution >= 0.6 is 0 Å². The second-order valence-corrected chi connectivity index (χ2v) is 3.86. The first kappa shape index (κ1) is 11.4. The van der Waals surface area contributed by atoms with Crippen LogP contribution in [0.15, 0.2) is 42.9 Å². The standard InChI is InChI=1S/C13H14N2O2/c1-10(16)17-13(11-6-4-3-5-7-11)12-8-15(2)9-14-12/h3-9,13H,1-2H3. The predicted octanol–water partition coefficient (Wildman–Crippen LogP) is 2.07. The van der Waals surface area contributed by atoms with Gasteiger partial charge in [-0.1, -0.05) is 30.3 Å². The van der Waals surface area contributed by atoms with Crippen molar-refractivity contribution < 1.29 is 9.53 Å². The van der Waals surface area contributed by atoms with Crippen molar-refractivity contribution in [1.82, 2.24) is 9.55 Å². The number of esters is 1. The van der Waals surface area contributed by atoms with E-state index in [0.29, 0.717) is 0 Å². The monoisotopic (exact) mass is 230 g/mol. The average molecular weight is 230 g/mol. The van der Waals surface area contributed by atoms with Crippen LogP contribution in [0.1, 0.15) is 24.3 Å². The zero-order chi connectivity index (χ0) is 12.3. The molecule has 1 heterocycles. The fraction of sp³-hybridized carbons (Fsp3) is 0.231. The zero-order valence-electron chi connectivity index (χ0n) is 9.83. The topological polar surface area (TPSA) is 44.1 Å². The van der Waals surface area contributed by atoms with Gasteiger partial charge in [0.25, 0.3) is 0 Å². The maximum Gasteiger partial charge on any atom is 0.303 e. The van der Waals surface area contributed by atoms with Crippen LogP contribution < -0.4 is 0 Å². The van der Waals surface area contributed by atoms with E-state index in [2.05, 4.69) is 4.98 Å². The third-order valence-electron chi connectivity index (χ3n) is 2.38. The van der Waals surface area contributed by atoms with E-state index >= 15 is 0 Å². The summed E-state index contributed by atoms with van der Waals surface area (Å²) in [5.41, 5.74) is 1.65. The number of nitrogens with zero attached hydrogens (tertiary/aromatic N) is 2. The molecule has 0 fully saturated rings. The highest BCUT2D eigenvalue weighted by atomic mass is 16.5. The highest BCUT2D eigenvalue weighted by Gasteiger charge is 2.19. The molecule has 0 saturated carbocycles. The fourth-order valence-electron chi connectivity index (χ4n) is 1.66. The third kappa shape index (κ3) is 2.72. The van der Waals surface area contributed by atoms with E-state index in [0.717, 1.165) is 11.3 Å². The molecule has 0 aliphatic heterocycles. The second kappa shape index (κ2) is 4.82. The number of carbonyl (C=O) groups is 1. The maximum atomic E-state index is 11.2. The van der Waals surface area contributed by atoms with Crippen molar-refractivity contribution in [2.24, 2.45) is 7.05 Å². The fourth-order valence-corrected chi connectivity index (χ4v) is 1.66. The molecular formula is C13H14N2O2. The molecule has 1 aromatic heterocycles. The van der Waals surface area contributed by atoms with E-state index in [-0.39, 0.29) is 5.97 Å². The number of rotatable bonds is 3. The largest absolute Gasteiger partial charge is 0.451 e. The normalized spacial score (nSPS) is 12.1. The van der Waals surface area contributed by atoms with Gasteiger partial charge in [0.1, 0.15) is 5.69 Å². The van der Waals surface area contributed by atoms with Crippen LogP contribution in [0, 0.1) is 0 Å². The van der Waals surface area contributed by atoms with Gasteiger partial charge in [0.2, 0.25) is 0 Å². The van der Waals surface area contributed by atoms with Crippen LogP contribution in [0.5, 0.6) is 0 Å². The number of ether oxygens (including phenoxy) is 1. The van der Waals surface area contributed by atoms with Gasteiger partial charge in [0.15, 0.2) is 6.10 Å². The summed E-state index contributed by atoms with van der Waals surface area (Å²) in [4.78, 5) is 15.4. The van der Waals surface area contributed by atoms with Gasteiger partial charge in [-0.05, 0) is 5.56 Å². The molecule has 0 spiro atoms. The minimum Gasteiger partial charge on any atom is -0.451 e. The summed E-state index contributed by atoms with van der Waals surface area (Å²) >= 11 is 0. The van der Waals surface area contributed by atoms with E-state index in [9.17, 15) is 4.79 Å². The number of aryl methyl sites for hydroxylation is 1. The second-order valence-electron chi connectivity index (χ2n) is 3.86. The summed E-state index contributed by atoms with van der Waals surface area (Å²) < 4.78 is 7.15. The Morgan fingerprint density at radius 3 is 2.59 bits per heavy atom. The van der Waals surface area contributed by atoms with Crippen molar-refractivity contribution in [3.8, 4) is 0 Å². The summed E-state index contributed by atoms with van der Waals surface area (Å²) in [6.45, 7) is 1.40. The molecule has 4 heteroatoms. The van der Waals surface area contributed by atoms with Gasteiger partial charge in [0.05, 0.1) is 6.33 Å². The Bertz CT molecular complexity index is 505. The molecule has 0 N–H and O–H groups in total. The molecule has 0 radical (unpaired) electrons. The van der Waals surface area contributed by atoms with Crippen molar-refractivity contribution in [2.75, 3.05) is 0 Å². The van der Waals surface area contributed by atoms with Crippen molar-refractivity contribution in [2.45, 2.75) is 13.0 Å². The van der Waals surface area contributed by atoms with Gasteiger partial charge in [-0.3, -0.25) is 4.79 Å². The SMILES string of the molecule is CC(=O)OC(c1ccccc1)c1cn(C)cn1. The number of carbonyl (C=O) groups excluding carboxylic acids is 1. The highest BCUT2D eigenvalue weighted by molar-refractivity contribution is 5.66. The minimum atomic E-state index is -0.435. The van der Waals surface area contributed by atoms with Crippen LogP contribution in [0.3, 0.4) is 0 Å². The Kier molecular flexibility index (Phi) is 3.23. The zero-order valence-corrected chi connectivity index (χ0v) is 9.83. The van der Waals surface area contributed by atoms with Gasteiger partial charge in [-0.15, -0.1) is 0 Å². The lowest BCUT2D eigenvalue weighted by Gasteiger charge is -2.15. The van der Waals surface area contributed by atoms with Crippen molar-refractivity contribution in [3.63, 3.8) is 0 Å². The summed E-state index contributed by atoms with van der Waals surface area (Å²) in [5.74, 6) is -0.315. The van der Waals surface area contributed by atoms with Crippen LogP contribution in [0.2, 0.25) is 0 Å². The first-order valence-corrected chi connectivity index (χ1v) is 5.37. The van der Waals surface area contributed by atoms with Crippen LogP contribution in [0.4, 0.5) is 0 Å². The van der Waals surface area contributed by atoms with E-state index in [1.54, 1.807) is 6.33 Å². The first-order valence-electron chi connectivity index (χ1n) is 5.37. The molecule has 0 aliphatic carbocycles. The molecule has 0 bridgehead atoms. The first-order chi connectivity index (χ1) is 8.16. The van der Waals surface area contributed by atoms with E-state index in [1.807, 2.05) is 48.1 Å². The molecule has 1 atom stereocenters. The van der Waals surface area contributed by atoms with Crippen molar-refractivity contribution in [1.29, 1.82) is 0 Å². The molecule has 88 valence electrons. The lowest BCUT2D eigenvalue weighted by atomic mass is 10.1. The molecule has 0 amide bonds. The van der Waals surface area contributed by atoms with Gasteiger partial charge >= 0.3 is 5.97 Å². The minimum absolute atomic E-state index is 0.315. The number of hydrogen-bond acceptors (Lipinski definition) is 3. The lowest BCUT2D eigenvalue weighted by molar-refractivity contribution is -0.144. The molecule has 1 aromatic carbocycles. The van der Waals surface area contributed by atoms with Gasteiger partial charge in [-0.25, -0.2) is 4.98 Å². The third-order valence-corrected chi connectivity index (χ3v) is 2.38. The predicted molar refractivity (Wildman–Crippen MR) is 63.3 cm³/mol. The number of aromatic nitrogens is 2. The Morgan fingerprint density at radius 1 is 1.35 bits per heavy atom. The Balaban J connectivity index is 2.35. The van der Waals surface area contributed by atoms with E-state index < -0.39 is 6.10 Å². The van der Waals surface area contributed by atoms with Crippen LogP contribution in [-0.2, 0) is 16.6 Å². The number of imidazole rings is 1. The van der Waals surface area contributed by atoms with E-state index in [4.69, 9.17) is 4.74 Å². The molecule has 1 unspecified atom stereocenters. The van der Waals surface area contributed by atoms with Gasteiger partial charge in [0, 0.05) is 20.2 Å². The van der Waals surface area contributed by atoms with Crippen LogP contribution in [0.25, 0.3) is 0 Å². The lowest BCUT2D eigenvalue weighted by Crippen LogP contribution is -2.10. The molecule has 2 aromatic rings. The average Bonchev–Trinajstić information content (AvgIpc) is 2.73. The Labute approximate surface area is 99.9 Å². The smallest absolute Gasteiger partial charge is 0.303 e. The molecule has 17 heavy (non-hydrogen) atoms. The Hall–Kier alpha value is -2.10. The molecule has 0 aliphatic rings. The van der Waals surface area contributed by atoms with Crippen molar-refractivity contribution in [3.05, 3.63) is 54.1 Å². The molecule has 2 rings (SSSR count). The Morgan fingerprint density at radius 2 is 2.06 bits per heavy atom. The van der Waals surface area contributed by atoms with Crippen molar-refractivity contribution >= 4 is 5.97 Å². The summed E-state index contributed by atoms with van der Waals surface area (Å²) in [6, 6.07) is 9.58. The highest BCUT2D eigenvalue weighted by Crippen LogP contribution is 2.24. The molecule has 0 saturated heterocycles. The summed E-state index contributed by atoms with van der Waals surface area (Å²) in [7, 11) is 1.88. The van der Waals surface area contributed by atoms with Crippen LogP contribution in [-0.4, -0.2) is 15.5 Å². The summed E-state index contributed by atoms with van der Waals surface area (Å²) in [5, 5.41) is 0. The van der Waals surface area contributed by atoms with E-state index in [1.165, 1.54) is 6.92 Å². The summed E-state index contributed by atoms with van der Waals surface area (Å²) in [6.07, 6.45) is 3.10. The number of hydrogen-bond donors (Lipinski definition) is 0.